The molecule has 0 fully saturated rings. The Bertz CT molecular complexity index is 350. The summed E-state index contributed by atoms with van der Waals surface area (Å²) in [7, 11) is 0. The summed E-state index contributed by atoms with van der Waals surface area (Å²) in [6.07, 6.45) is 1.02. The third-order valence-corrected chi connectivity index (χ3v) is 2.16. The molecule has 1 heterocycles. The molecule has 1 aromatic rings. The van der Waals surface area contributed by atoms with Crippen LogP contribution in [-0.2, 0) is 0 Å². The highest BCUT2D eigenvalue weighted by atomic mass is 35.5. The minimum Gasteiger partial charge on any atom is -0.476 e. The number of halogens is 2. The summed E-state index contributed by atoms with van der Waals surface area (Å²) in [5.74, 6) is 0.921. The molecule has 0 saturated heterocycles. The van der Waals surface area contributed by atoms with Crippen LogP contribution in [0.5, 0.6) is 5.88 Å². The third kappa shape index (κ3) is 5.14. The van der Waals surface area contributed by atoms with E-state index in [0.717, 1.165) is 6.42 Å². The van der Waals surface area contributed by atoms with Crippen LogP contribution in [0.4, 0.5) is 17.5 Å². The van der Waals surface area contributed by atoms with E-state index >= 15 is 0 Å². The first-order valence-electron chi connectivity index (χ1n) is 4.85. The van der Waals surface area contributed by atoms with Crippen molar-refractivity contribution in [2.45, 2.75) is 20.3 Å². The molecule has 0 aliphatic carbocycles. The van der Waals surface area contributed by atoms with Crippen molar-refractivity contribution in [2.24, 2.45) is 5.92 Å². The molecule has 0 bridgehead atoms. The van der Waals surface area contributed by atoms with Crippen molar-refractivity contribution < 1.29 is 4.74 Å². The van der Waals surface area contributed by atoms with Gasteiger partial charge >= 0.3 is 0 Å². The standard InChI is InChI=1S/C9H17N5O.2ClH/c1-3-5(2)4-15-8-6(10)7(11)13-9(12)14-8;;/h5H,3-4,10H2,1-2H3,(H4,11,12,13,14);2*1H. The molecule has 0 saturated carbocycles. The Morgan fingerprint density at radius 3 is 2.29 bits per heavy atom. The van der Waals surface area contributed by atoms with E-state index < -0.39 is 0 Å². The number of hydrogen-bond donors (Lipinski definition) is 3. The lowest BCUT2D eigenvalue weighted by atomic mass is 10.1. The minimum atomic E-state index is 0. The van der Waals surface area contributed by atoms with Gasteiger partial charge in [0.25, 0.3) is 0 Å². The number of hydrogen-bond acceptors (Lipinski definition) is 6. The van der Waals surface area contributed by atoms with Crippen LogP contribution in [-0.4, -0.2) is 16.6 Å². The maximum absolute atomic E-state index is 5.65. The maximum Gasteiger partial charge on any atom is 0.244 e. The Morgan fingerprint density at radius 2 is 1.76 bits per heavy atom. The number of nitrogens with zero attached hydrogens (tertiary/aromatic N) is 2. The van der Waals surface area contributed by atoms with E-state index in [0.29, 0.717) is 12.5 Å². The summed E-state index contributed by atoms with van der Waals surface area (Å²) in [5, 5.41) is 0. The summed E-state index contributed by atoms with van der Waals surface area (Å²) < 4.78 is 5.42. The molecule has 8 heteroatoms. The van der Waals surface area contributed by atoms with Crippen LogP contribution in [0.3, 0.4) is 0 Å². The third-order valence-electron chi connectivity index (χ3n) is 2.16. The van der Waals surface area contributed by atoms with Crippen LogP contribution >= 0.6 is 24.8 Å². The molecule has 0 spiro atoms. The van der Waals surface area contributed by atoms with E-state index in [1.165, 1.54) is 0 Å². The summed E-state index contributed by atoms with van der Waals surface area (Å²) in [5.41, 5.74) is 16.8. The lowest BCUT2D eigenvalue weighted by molar-refractivity contribution is 0.249. The molecule has 6 N–H and O–H groups in total. The fourth-order valence-electron chi connectivity index (χ4n) is 0.932. The predicted molar refractivity (Wildman–Crippen MR) is 74.7 cm³/mol. The molecule has 1 rings (SSSR count). The van der Waals surface area contributed by atoms with Crippen molar-refractivity contribution in [2.75, 3.05) is 23.8 Å². The zero-order valence-electron chi connectivity index (χ0n) is 9.84. The van der Waals surface area contributed by atoms with E-state index in [2.05, 4.69) is 23.8 Å². The quantitative estimate of drug-likeness (QED) is 0.772. The number of aromatic nitrogens is 2. The fourth-order valence-corrected chi connectivity index (χ4v) is 0.932. The number of rotatable bonds is 4. The first-order chi connectivity index (χ1) is 7.04. The molecule has 6 nitrogen and oxygen atoms in total. The first kappa shape index (κ1) is 18.2. The predicted octanol–water partition coefficient (Wildman–Crippen LogP) is 1.49. The fraction of sp³-hybridized carbons (Fsp3) is 0.556. The van der Waals surface area contributed by atoms with Gasteiger partial charge in [-0.1, -0.05) is 20.3 Å². The monoisotopic (exact) mass is 283 g/mol. The average Bonchev–Trinajstić information content (AvgIpc) is 2.20. The van der Waals surface area contributed by atoms with Crippen molar-refractivity contribution >= 4 is 42.3 Å². The van der Waals surface area contributed by atoms with Crippen LogP contribution < -0.4 is 21.9 Å². The van der Waals surface area contributed by atoms with E-state index in [1.54, 1.807) is 0 Å². The highest BCUT2D eigenvalue weighted by Crippen LogP contribution is 2.24. The van der Waals surface area contributed by atoms with Gasteiger partial charge in [-0.3, -0.25) is 0 Å². The molecule has 0 aliphatic rings. The second-order valence-corrected chi connectivity index (χ2v) is 3.51. The van der Waals surface area contributed by atoms with Gasteiger partial charge in [0.15, 0.2) is 5.82 Å². The van der Waals surface area contributed by atoms with Gasteiger partial charge in [-0.25, -0.2) is 0 Å². The van der Waals surface area contributed by atoms with Crippen molar-refractivity contribution in [1.82, 2.24) is 9.97 Å². The lowest BCUT2D eigenvalue weighted by Gasteiger charge is -2.12. The SMILES string of the molecule is CCC(C)COc1nc(N)nc(N)c1N.Cl.Cl. The van der Waals surface area contributed by atoms with E-state index in [1.807, 2.05) is 0 Å². The highest BCUT2D eigenvalue weighted by molar-refractivity contribution is 5.85. The largest absolute Gasteiger partial charge is 0.476 e. The first-order valence-corrected chi connectivity index (χ1v) is 4.85. The van der Waals surface area contributed by atoms with Crippen molar-refractivity contribution in [3.63, 3.8) is 0 Å². The number of ether oxygens (including phenoxy) is 1. The van der Waals surface area contributed by atoms with E-state index in [-0.39, 0.29) is 48.1 Å². The Labute approximate surface area is 113 Å². The van der Waals surface area contributed by atoms with Crippen molar-refractivity contribution in [3.05, 3.63) is 0 Å². The molecule has 0 amide bonds. The molecular weight excluding hydrogens is 265 g/mol. The summed E-state index contributed by atoms with van der Waals surface area (Å²) in [6.45, 7) is 4.70. The second kappa shape index (κ2) is 8.03. The summed E-state index contributed by atoms with van der Waals surface area (Å²) in [4.78, 5) is 7.60. The van der Waals surface area contributed by atoms with Gasteiger partial charge in [0.2, 0.25) is 11.8 Å². The zero-order chi connectivity index (χ0) is 11.4. The van der Waals surface area contributed by atoms with Crippen LogP contribution in [0, 0.1) is 5.92 Å². The summed E-state index contributed by atoms with van der Waals surface area (Å²) >= 11 is 0. The van der Waals surface area contributed by atoms with Crippen LogP contribution in [0.2, 0.25) is 0 Å². The van der Waals surface area contributed by atoms with E-state index in [9.17, 15) is 0 Å². The Balaban J connectivity index is 0. The molecule has 0 aliphatic heterocycles. The molecule has 1 aromatic heterocycles. The molecule has 1 atom stereocenters. The molecule has 17 heavy (non-hydrogen) atoms. The van der Waals surface area contributed by atoms with Gasteiger partial charge in [0, 0.05) is 0 Å². The topological polar surface area (TPSA) is 113 Å². The van der Waals surface area contributed by atoms with Gasteiger partial charge in [-0.05, 0) is 5.92 Å². The van der Waals surface area contributed by atoms with Gasteiger partial charge < -0.3 is 21.9 Å². The van der Waals surface area contributed by atoms with Crippen LogP contribution in [0.1, 0.15) is 20.3 Å². The van der Waals surface area contributed by atoms with Gasteiger partial charge in [0.1, 0.15) is 5.69 Å². The Morgan fingerprint density at radius 1 is 1.18 bits per heavy atom. The van der Waals surface area contributed by atoms with Gasteiger partial charge in [0.05, 0.1) is 6.61 Å². The number of anilines is 3. The molecular formula is C9H19Cl2N5O. The minimum absolute atomic E-state index is 0. The molecule has 100 valence electrons. The van der Waals surface area contributed by atoms with Crippen LogP contribution in [0.15, 0.2) is 0 Å². The smallest absolute Gasteiger partial charge is 0.244 e. The Hall–Kier alpha value is -1.14. The lowest BCUT2D eigenvalue weighted by Crippen LogP contribution is -2.12. The highest BCUT2D eigenvalue weighted by Gasteiger charge is 2.10. The average molecular weight is 284 g/mol. The summed E-state index contributed by atoms with van der Waals surface area (Å²) in [6, 6.07) is 0. The van der Waals surface area contributed by atoms with Crippen molar-refractivity contribution in [3.8, 4) is 5.88 Å². The van der Waals surface area contributed by atoms with E-state index in [4.69, 9.17) is 21.9 Å². The van der Waals surface area contributed by atoms with Crippen LogP contribution in [0.25, 0.3) is 0 Å². The Kier molecular flexibility index (Phi) is 8.61. The molecule has 1 unspecified atom stereocenters. The maximum atomic E-state index is 5.65. The van der Waals surface area contributed by atoms with Crippen molar-refractivity contribution in [1.29, 1.82) is 0 Å². The van der Waals surface area contributed by atoms with Gasteiger partial charge in [-0.15, -0.1) is 24.8 Å². The van der Waals surface area contributed by atoms with Gasteiger partial charge in [-0.2, -0.15) is 9.97 Å². The number of nitrogen functional groups attached to an aromatic ring is 3. The second-order valence-electron chi connectivity index (χ2n) is 3.51. The zero-order valence-corrected chi connectivity index (χ0v) is 11.5. The number of nitrogens with two attached hydrogens (primary N) is 3. The normalized spacial score (nSPS) is 10.9. The molecule has 0 aromatic carbocycles. The molecule has 0 radical (unpaired) electrons.